The Balaban J connectivity index is 1.49. The van der Waals surface area contributed by atoms with Crippen molar-refractivity contribution in [3.63, 3.8) is 0 Å². The second kappa shape index (κ2) is 9.17. The molecule has 134 valence electrons. The van der Waals surface area contributed by atoms with Gasteiger partial charge in [-0.05, 0) is 36.1 Å². The number of aromatic nitrogens is 1. The van der Waals surface area contributed by atoms with Crippen molar-refractivity contribution in [3.8, 4) is 0 Å². The van der Waals surface area contributed by atoms with Crippen molar-refractivity contribution in [1.82, 2.24) is 4.98 Å². The number of halogens is 2. The molecule has 3 nitrogen and oxygen atoms in total. The SMILES string of the molecule is O=C(CCCc1ccccc1)Nc1ncc(Cc2ccc(Cl)cc2Cl)s1. The van der Waals surface area contributed by atoms with Crippen LogP contribution in [-0.2, 0) is 17.6 Å². The van der Waals surface area contributed by atoms with E-state index in [1.807, 2.05) is 30.3 Å². The van der Waals surface area contributed by atoms with Gasteiger partial charge < -0.3 is 5.32 Å². The topological polar surface area (TPSA) is 42.0 Å². The van der Waals surface area contributed by atoms with Crippen LogP contribution in [0, 0.1) is 0 Å². The van der Waals surface area contributed by atoms with Crippen LogP contribution < -0.4 is 5.32 Å². The van der Waals surface area contributed by atoms with Gasteiger partial charge >= 0.3 is 0 Å². The molecule has 0 aliphatic rings. The molecular weight excluding hydrogens is 387 g/mol. The lowest BCUT2D eigenvalue weighted by Gasteiger charge is -2.03. The number of nitrogens with one attached hydrogen (secondary N) is 1. The zero-order valence-electron chi connectivity index (χ0n) is 14.0. The van der Waals surface area contributed by atoms with E-state index in [0.717, 1.165) is 23.3 Å². The van der Waals surface area contributed by atoms with E-state index >= 15 is 0 Å². The molecule has 1 heterocycles. The number of anilines is 1. The summed E-state index contributed by atoms with van der Waals surface area (Å²) in [6.45, 7) is 0. The summed E-state index contributed by atoms with van der Waals surface area (Å²) in [6.07, 6.45) is 4.63. The number of benzene rings is 2. The summed E-state index contributed by atoms with van der Waals surface area (Å²) >= 11 is 13.6. The Hall–Kier alpha value is -1.88. The zero-order valence-corrected chi connectivity index (χ0v) is 16.4. The minimum atomic E-state index is -0.00800. The van der Waals surface area contributed by atoms with Crippen LogP contribution in [0.4, 0.5) is 5.13 Å². The summed E-state index contributed by atoms with van der Waals surface area (Å²) in [7, 11) is 0. The molecule has 0 atom stereocenters. The molecule has 2 aromatic carbocycles. The molecule has 0 spiro atoms. The summed E-state index contributed by atoms with van der Waals surface area (Å²) in [5.41, 5.74) is 2.23. The van der Waals surface area contributed by atoms with Crippen LogP contribution >= 0.6 is 34.5 Å². The van der Waals surface area contributed by atoms with E-state index in [2.05, 4.69) is 22.4 Å². The maximum absolute atomic E-state index is 12.1. The van der Waals surface area contributed by atoms with Gasteiger partial charge in [0.05, 0.1) is 0 Å². The molecule has 0 unspecified atom stereocenters. The molecule has 3 aromatic rings. The van der Waals surface area contributed by atoms with Gasteiger partial charge in [0.25, 0.3) is 0 Å². The molecule has 0 bridgehead atoms. The number of rotatable bonds is 7. The van der Waals surface area contributed by atoms with Crippen molar-refractivity contribution < 1.29 is 4.79 Å². The standard InChI is InChI=1S/C20H18Cl2N2OS/c21-16-10-9-15(18(22)12-16)11-17-13-23-20(26-17)24-19(25)8-4-7-14-5-2-1-3-6-14/h1-3,5-6,9-10,12-13H,4,7-8,11H2,(H,23,24,25). The smallest absolute Gasteiger partial charge is 0.226 e. The van der Waals surface area contributed by atoms with Crippen LogP contribution in [0.1, 0.15) is 28.8 Å². The summed E-state index contributed by atoms with van der Waals surface area (Å²) in [4.78, 5) is 17.4. The predicted molar refractivity (Wildman–Crippen MR) is 109 cm³/mol. The second-order valence-corrected chi connectivity index (χ2v) is 7.89. The number of nitrogens with zero attached hydrogens (tertiary/aromatic N) is 1. The first-order chi connectivity index (χ1) is 12.6. The lowest BCUT2D eigenvalue weighted by atomic mass is 10.1. The van der Waals surface area contributed by atoms with Crippen LogP contribution in [0.3, 0.4) is 0 Å². The normalized spacial score (nSPS) is 10.7. The fraction of sp³-hybridized carbons (Fsp3) is 0.200. The molecule has 0 radical (unpaired) electrons. The first-order valence-electron chi connectivity index (χ1n) is 8.32. The van der Waals surface area contributed by atoms with Gasteiger partial charge in [-0.1, -0.05) is 59.6 Å². The predicted octanol–water partition coefficient (Wildman–Crippen LogP) is 6.00. The van der Waals surface area contributed by atoms with Crippen LogP contribution in [0.2, 0.25) is 10.0 Å². The van der Waals surface area contributed by atoms with Gasteiger partial charge in [-0.3, -0.25) is 4.79 Å². The minimum Gasteiger partial charge on any atom is -0.302 e. The molecule has 0 saturated carbocycles. The number of amides is 1. The Bertz CT molecular complexity index is 881. The van der Waals surface area contributed by atoms with Gasteiger partial charge in [0.15, 0.2) is 5.13 Å². The number of hydrogen-bond acceptors (Lipinski definition) is 3. The fourth-order valence-corrected chi connectivity index (χ4v) is 3.91. The van der Waals surface area contributed by atoms with Crippen molar-refractivity contribution in [2.75, 3.05) is 5.32 Å². The Morgan fingerprint density at radius 2 is 1.92 bits per heavy atom. The van der Waals surface area contributed by atoms with Gasteiger partial charge in [-0.15, -0.1) is 11.3 Å². The number of aryl methyl sites for hydroxylation is 1. The third-order valence-electron chi connectivity index (χ3n) is 3.89. The van der Waals surface area contributed by atoms with E-state index in [1.165, 1.54) is 16.9 Å². The highest BCUT2D eigenvalue weighted by Gasteiger charge is 2.09. The molecule has 0 aliphatic carbocycles. The third-order valence-corrected chi connectivity index (χ3v) is 5.39. The number of thiazole rings is 1. The maximum atomic E-state index is 12.1. The Kier molecular flexibility index (Phi) is 6.67. The first kappa shape index (κ1) is 18.9. The van der Waals surface area contributed by atoms with Crippen molar-refractivity contribution in [3.05, 3.63) is 80.8 Å². The molecule has 26 heavy (non-hydrogen) atoms. The lowest BCUT2D eigenvalue weighted by Crippen LogP contribution is -2.11. The second-order valence-electron chi connectivity index (χ2n) is 5.93. The van der Waals surface area contributed by atoms with E-state index in [9.17, 15) is 4.79 Å². The average Bonchev–Trinajstić information content (AvgIpc) is 3.05. The molecule has 0 saturated heterocycles. The fourth-order valence-electron chi connectivity index (χ4n) is 2.58. The Morgan fingerprint density at radius 1 is 1.12 bits per heavy atom. The van der Waals surface area contributed by atoms with Crippen molar-refractivity contribution in [2.45, 2.75) is 25.7 Å². The highest BCUT2D eigenvalue weighted by Crippen LogP contribution is 2.27. The number of carbonyl (C=O) groups excluding carboxylic acids is 1. The van der Waals surface area contributed by atoms with Crippen molar-refractivity contribution in [2.24, 2.45) is 0 Å². The van der Waals surface area contributed by atoms with Crippen LogP contribution in [0.15, 0.2) is 54.7 Å². The molecule has 0 aliphatic heterocycles. The third kappa shape index (κ3) is 5.56. The van der Waals surface area contributed by atoms with Crippen molar-refractivity contribution >= 4 is 45.6 Å². The molecule has 1 aromatic heterocycles. The zero-order chi connectivity index (χ0) is 18.4. The monoisotopic (exact) mass is 404 g/mol. The van der Waals surface area contributed by atoms with Gasteiger partial charge in [0, 0.05) is 34.0 Å². The number of hydrogen-bond donors (Lipinski definition) is 1. The minimum absolute atomic E-state index is 0.00800. The summed E-state index contributed by atoms with van der Waals surface area (Å²) in [5, 5.41) is 4.75. The van der Waals surface area contributed by atoms with Gasteiger partial charge in [0.2, 0.25) is 5.91 Å². The highest BCUT2D eigenvalue weighted by atomic mass is 35.5. The molecule has 3 rings (SSSR count). The van der Waals surface area contributed by atoms with E-state index in [1.54, 1.807) is 12.3 Å². The molecule has 0 fully saturated rings. The molecular formula is C20H18Cl2N2OS. The highest BCUT2D eigenvalue weighted by molar-refractivity contribution is 7.15. The average molecular weight is 405 g/mol. The van der Waals surface area contributed by atoms with Crippen LogP contribution in [0.25, 0.3) is 0 Å². The first-order valence-corrected chi connectivity index (χ1v) is 9.90. The van der Waals surface area contributed by atoms with Gasteiger partial charge in [0.1, 0.15) is 0 Å². The van der Waals surface area contributed by atoms with Crippen molar-refractivity contribution in [1.29, 1.82) is 0 Å². The lowest BCUT2D eigenvalue weighted by molar-refractivity contribution is -0.116. The largest absolute Gasteiger partial charge is 0.302 e. The molecule has 6 heteroatoms. The van der Waals surface area contributed by atoms with E-state index in [0.29, 0.717) is 28.0 Å². The van der Waals surface area contributed by atoms with E-state index in [-0.39, 0.29) is 5.91 Å². The molecule has 1 N–H and O–H groups in total. The summed E-state index contributed by atoms with van der Waals surface area (Å²) in [6, 6.07) is 15.6. The quantitative estimate of drug-likeness (QED) is 0.524. The summed E-state index contributed by atoms with van der Waals surface area (Å²) in [5.74, 6) is -0.00800. The Labute approximate surface area is 167 Å². The molecule has 1 amide bonds. The van der Waals surface area contributed by atoms with E-state index in [4.69, 9.17) is 23.2 Å². The maximum Gasteiger partial charge on any atom is 0.226 e. The Morgan fingerprint density at radius 3 is 2.69 bits per heavy atom. The van der Waals surface area contributed by atoms with Crippen LogP contribution in [-0.4, -0.2) is 10.9 Å². The van der Waals surface area contributed by atoms with Gasteiger partial charge in [-0.2, -0.15) is 0 Å². The number of carbonyl (C=O) groups is 1. The van der Waals surface area contributed by atoms with Crippen LogP contribution in [0.5, 0.6) is 0 Å². The summed E-state index contributed by atoms with van der Waals surface area (Å²) < 4.78 is 0. The van der Waals surface area contributed by atoms with Gasteiger partial charge in [-0.25, -0.2) is 4.98 Å². The van der Waals surface area contributed by atoms with E-state index < -0.39 is 0 Å².